The lowest BCUT2D eigenvalue weighted by Gasteiger charge is -2.21. The van der Waals surface area contributed by atoms with Gasteiger partial charge in [-0.2, -0.15) is 0 Å². The molecular weight excluding hydrogens is 438 g/mol. The maximum Gasteiger partial charge on any atom is 0.340 e. The van der Waals surface area contributed by atoms with Crippen LogP contribution in [0.2, 0.25) is 0 Å². The van der Waals surface area contributed by atoms with Gasteiger partial charge in [0, 0.05) is 5.56 Å². The normalized spacial score (nSPS) is 11.6. The number of aryl methyl sites for hydroxylation is 1. The number of Topliss-reactive ketones (excluding diaryl/α,β-unsaturated/α-hetero) is 1. The van der Waals surface area contributed by atoms with Crippen LogP contribution in [0.25, 0.3) is 0 Å². The van der Waals surface area contributed by atoms with Crippen molar-refractivity contribution in [3.8, 4) is 0 Å². The lowest BCUT2D eigenvalue weighted by atomic mass is 9.87. The van der Waals surface area contributed by atoms with Gasteiger partial charge in [-0.1, -0.05) is 75.4 Å². The molecule has 0 radical (unpaired) electrons. The number of nitrogens with one attached hydrogen (secondary N) is 1. The molecule has 0 saturated carbocycles. The lowest BCUT2D eigenvalue weighted by Crippen LogP contribution is -2.20. The van der Waals surface area contributed by atoms with Crippen LogP contribution in [-0.2, 0) is 20.2 Å². The quantitative estimate of drug-likeness (QED) is 0.386. The molecule has 0 aliphatic carbocycles. The highest BCUT2D eigenvalue weighted by Gasteiger charge is 2.24. The minimum atomic E-state index is -3.98. The molecule has 0 atom stereocenters. The number of ketones is 1. The van der Waals surface area contributed by atoms with Crippen LogP contribution in [0, 0.1) is 6.92 Å². The minimum absolute atomic E-state index is 0.0200. The predicted molar refractivity (Wildman–Crippen MR) is 128 cm³/mol. The number of ether oxygens (including phenoxy) is 1. The van der Waals surface area contributed by atoms with Crippen molar-refractivity contribution in [3.05, 3.63) is 95.1 Å². The Kier molecular flexibility index (Phi) is 7.03. The smallest absolute Gasteiger partial charge is 0.340 e. The Hall–Kier alpha value is -3.45. The SMILES string of the molecule is Cc1ccc(C(C)(C)C)cc1S(=O)(=O)Nc1ccccc1C(=O)OCC(=O)c1ccccc1. The van der Waals surface area contributed by atoms with Gasteiger partial charge in [0.15, 0.2) is 12.4 Å². The zero-order chi connectivity index (χ0) is 24.2. The molecule has 0 heterocycles. The fraction of sp³-hybridized carbons (Fsp3) is 0.231. The van der Waals surface area contributed by atoms with Gasteiger partial charge in [-0.25, -0.2) is 13.2 Å². The molecule has 3 aromatic carbocycles. The zero-order valence-corrected chi connectivity index (χ0v) is 19.9. The summed E-state index contributed by atoms with van der Waals surface area (Å²) in [6, 6.07) is 19.9. The monoisotopic (exact) mass is 465 g/mol. The third kappa shape index (κ3) is 5.87. The number of para-hydroxylation sites is 1. The Balaban J connectivity index is 1.83. The second kappa shape index (κ2) is 9.58. The molecule has 0 saturated heterocycles. The third-order valence-corrected chi connectivity index (χ3v) is 6.67. The van der Waals surface area contributed by atoms with E-state index in [1.54, 1.807) is 61.5 Å². The lowest BCUT2D eigenvalue weighted by molar-refractivity contribution is 0.0476. The van der Waals surface area contributed by atoms with E-state index in [2.05, 4.69) is 4.72 Å². The summed E-state index contributed by atoms with van der Waals surface area (Å²) >= 11 is 0. The average Bonchev–Trinajstić information content (AvgIpc) is 2.77. The molecule has 7 heteroatoms. The van der Waals surface area contributed by atoms with Gasteiger partial charge in [0.2, 0.25) is 0 Å². The number of sulfonamides is 1. The van der Waals surface area contributed by atoms with Crippen LogP contribution >= 0.6 is 0 Å². The van der Waals surface area contributed by atoms with E-state index in [9.17, 15) is 18.0 Å². The predicted octanol–water partition coefficient (Wildman–Crippen LogP) is 5.13. The van der Waals surface area contributed by atoms with Crippen molar-refractivity contribution >= 4 is 27.5 Å². The van der Waals surface area contributed by atoms with Gasteiger partial charge in [-0.15, -0.1) is 0 Å². The molecule has 33 heavy (non-hydrogen) atoms. The molecule has 3 aromatic rings. The van der Waals surface area contributed by atoms with Crippen molar-refractivity contribution in [3.63, 3.8) is 0 Å². The van der Waals surface area contributed by atoms with Crippen LogP contribution in [0.1, 0.15) is 52.6 Å². The van der Waals surface area contributed by atoms with E-state index in [0.29, 0.717) is 11.1 Å². The second-order valence-corrected chi connectivity index (χ2v) is 10.4. The Morgan fingerprint density at radius 1 is 0.909 bits per heavy atom. The molecule has 0 spiro atoms. The fourth-order valence-electron chi connectivity index (χ4n) is 3.22. The van der Waals surface area contributed by atoms with Crippen LogP contribution in [0.3, 0.4) is 0 Å². The van der Waals surface area contributed by atoms with Gasteiger partial charge in [-0.05, 0) is 41.7 Å². The van der Waals surface area contributed by atoms with Crippen molar-refractivity contribution in [2.24, 2.45) is 0 Å². The van der Waals surface area contributed by atoms with Gasteiger partial charge in [-0.3, -0.25) is 9.52 Å². The number of carbonyl (C=O) groups excluding carboxylic acids is 2. The summed E-state index contributed by atoms with van der Waals surface area (Å²) in [4.78, 5) is 25.0. The Morgan fingerprint density at radius 2 is 1.55 bits per heavy atom. The fourth-order valence-corrected chi connectivity index (χ4v) is 4.57. The summed E-state index contributed by atoms with van der Waals surface area (Å²) in [7, 11) is -3.98. The van der Waals surface area contributed by atoms with E-state index in [1.165, 1.54) is 12.1 Å². The van der Waals surface area contributed by atoms with Crippen LogP contribution in [0.5, 0.6) is 0 Å². The van der Waals surface area contributed by atoms with E-state index in [0.717, 1.165) is 5.56 Å². The van der Waals surface area contributed by atoms with Crippen molar-refractivity contribution in [2.45, 2.75) is 38.0 Å². The Bertz CT molecular complexity index is 1280. The summed E-state index contributed by atoms with van der Waals surface area (Å²) in [6.45, 7) is 7.28. The molecular formula is C26H27NO5S. The molecule has 1 N–H and O–H groups in total. The van der Waals surface area contributed by atoms with Crippen molar-refractivity contribution in [1.29, 1.82) is 0 Å². The number of anilines is 1. The number of rotatable bonds is 7. The van der Waals surface area contributed by atoms with E-state index in [4.69, 9.17) is 4.74 Å². The summed E-state index contributed by atoms with van der Waals surface area (Å²) in [5, 5.41) is 0. The first-order chi connectivity index (χ1) is 15.5. The van der Waals surface area contributed by atoms with Crippen molar-refractivity contribution < 1.29 is 22.7 Å². The van der Waals surface area contributed by atoms with Gasteiger partial charge in [0.05, 0.1) is 16.1 Å². The molecule has 0 aliphatic rings. The highest BCUT2D eigenvalue weighted by Crippen LogP contribution is 2.28. The van der Waals surface area contributed by atoms with Crippen molar-refractivity contribution in [1.82, 2.24) is 0 Å². The highest BCUT2D eigenvalue weighted by molar-refractivity contribution is 7.92. The number of hydrogen-bond donors (Lipinski definition) is 1. The molecule has 172 valence electrons. The van der Waals surface area contributed by atoms with Crippen LogP contribution in [-0.4, -0.2) is 26.8 Å². The molecule has 0 fully saturated rings. The summed E-state index contributed by atoms with van der Waals surface area (Å²) < 4.78 is 34.1. The van der Waals surface area contributed by atoms with E-state index in [1.807, 2.05) is 26.8 Å². The standard InChI is InChI=1S/C26H27NO5S/c1-18-14-15-20(26(2,3)4)16-24(18)33(30,31)27-22-13-9-8-12-21(22)25(29)32-17-23(28)19-10-6-5-7-11-19/h5-16,27H,17H2,1-4H3. The van der Waals surface area contributed by atoms with E-state index in [-0.39, 0.29) is 27.3 Å². The van der Waals surface area contributed by atoms with Gasteiger partial charge < -0.3 is 4.74 Å². The number of hydrogen-bond acceptors (Lipinski definition) is 5. The largest absolute Gasteiger partial charge is 0.454 e. The summed E-state index contributed by atoms with van der Waals surface area (Å²) in [5.41, 5.74) is 1.75. The van der Waals surface area contributed by atoms with Crippen molar-refractivity contribution in [2.75, 3.05) is 11.3 Å². The Labute approximate surface area is 194 Å². The van der Waals surface area contributed by atoms with Gasteiger partial charge in [0.1, 0.15) is 0 Å². The van der Waals surface area contributed by atoms with Gasteiger partial charge >= 0.3 is 5.97 Å². The number of esters is 1. The second-order valence-electron chi connectivity index (χ2n) is 8.75. The first-order valence-corrected chi connectivity index (χ1v) is 12.0. The van der Waals surface area contributed by atoms with E-state index >= 15 is 0 Å². The molecule has 0 aliphatic heterocycles. The van der Waals surface area contributed by atoms with E-state index < -0.39 is 22.6 Å². The molecule has 0 amide bonds. The topological polar surface area (TPSA) is 89.5 Å². The zero-order valence-electron chi connectivity index (χ0n) is 19.1. The molecule has 0 unspecified atom stereocenters. The Morgan fingerprint density at radius 3 is 2.21 bits per heavy atom. The molecule has 3 rings (SSSR count). The van der Waals surface area contributed by atoms with Crippen LogP contribution < -0.4 is 4.72 Å². The van der Waals surface area contributed by atoms with Gasteiger partial charge in [0.25, 0.3) is 10.0 Å². The van der Waals surface area contributed by atoms with Crippen LogP contribution in [0.4, 0.5) is 5.69 Å². The maximum atomic E-state index is 13.2. The maximum absolute atomic E-state index is 13.2. The summed E-state index contributed by atoms with van der Waals surface area (Å²) in [6.07, 6.45) is 0. The summed E-state index contributed by atoms with van der Waals surface area (Å²) in [5.74, 6) is -1.14. The van der Waals surface area contributed by atoms with Crippen LogP contribution in [0.15, 0.2) is 77.7 Å². The molecule has 0 aromatic heterocycles. The highest BCUT2D eigenvalue weighted by atomic mass is 32.2. The number of carbonyl (C=O) groups is 2. The molecule has 0 bridgehead atoms. The first kappa shape index (κ1) is 24.2. The first-order valence-electron chi connectivity index (χ1n) is 10.5. The molecule has 6 nitrogen and oxygen atoms in total. The third-order valence-electron chi connectivity index (χ3n) is 5.17. The average molecular weight is 466 g/mol. The minimum Gasteiger partial charge on any atom is -0.454 e. The number of benzene rings is 3.